The SMILES string of the molecule is O=C(O)c1ccccc1C(=O)OCCC(Br)Br. The largest absolute Gasteiger partial charge is 0.478 e. The van der Waals surface area contributed by atoms with Crippen molar-refractivity contribution in [3.05, 3.63) is 35.4 Å². The van der Waals surface area contributed by atoms with Crippen LogP contribution in [0.3, 0.4) is 0 Å². The molecule has 0 heterocycles. The molecule has 6 heteroatoms. The van der Waals surface area contributed by atoms with E-state index in [9.17, 15) is 9.59 Å². The monoisotopic (exact) mass is 364 g/mol. The number of hydrogen-bond acceptors (Lipinski definition) is 3. The first-order chi connectivity index (χ1) is 8.02. The summed E-state index contributed by atoms with van der Waals surface area (Å²) in [4.78, 5) is 22.5. The van der Waals surface area contributed by atoms with E-state index >= 15 is 0 Å². The summed E-state index contributed by atoms with van der Waals surface area (Å²) in [6.45, 7) is 0.216. The third-order valence-corrected chi connectivity index (χ3v) is 2.86. The third-order valence-electron chi connectivity index (χ3n) is 1.95. The average molecular weight is 366 g/mol. The Morgan fingerprint density at radius 3 is 2.35 bits per heavy atom. The maximum atomic E-state index is 11.6. The highest BCUT2D eigenvalue weighted by atomic mass is 79.9. The lowest BCUT2D eigenvalue weighted by atomic mass is 10.1. The van der Waals surface area contributed by atoms with Gasteiger partial charge >= 0.3 is 11.9 Å². The zero-order valence-corrected chi connectivity index (χ0v) is 11.9. The van der Waals surface area contributed by atoms with Crippen LogP contribution in [-0.4, -0.2) is 27.4 Å². The molecule has 92 valence electrons. The van der Waals surface area contributed by atoms with Crippen LogP contribution in [-0.2, 0) is 4.74 Å². The molecule has 0 atom stereocenters. The lowest BCUT2D eigenvalue weighted by molar-refractivity contribution is 0.0494. The topological polar surface area (TPSA) is 63.6 Å². The standard InChI is InChI=1S/C11H10Br2O4/c12-9(13)5-6-17-11(16)8-4-2-1-3-7(8)10(14)15/h1-4,9H,5-6H2,(H,14,15). The Morgan fingerprint density at radius 1 is 1.24 bits per heavy atom. The number of benzene rings is 1. The number of carboxylic acids is 1. The second-order valence-corrected chi connectivity index (χ2v) is 6.61. The van der Waals surface area contributed by atoms with Crippen molar-refractivity contribution in [2.75, 3.05) is 6.61 Å². The molecule has 0 aromatic heterocycles. The highest BCUT2D eigenvalue weighted by Gasteiger charge is 2.16. The number of halogens is 2. The second kappa shape index (κ2) is 6.76. The van der Waals surface area contributed by atoms with E-state index in [2.05, 4.69) is 31.9 Å². The molecule has 0 amide bonds. The zero-order valence-electron chi connectivity index (χ0n) is 8.73. The smallest absolute Gasteiger partial charge is 0.339 e. The van der Waals surface area contributed by atoms with Gasteiger partial charge in [0.1, 0.15) is 0 Å². The van der Waals surface area contributed by atoms with Crippen molar-refractivity contribution in [2.45, 2.75) is 10.2 Å². The van der Waals surface area contributed by atoms with E-state index in [4.69, 9.17) is 9.84 Å². The maximum absolute atomic E-state index is 11.6. The number of carboxylic acid groups (broad SMARTS) is 1. The van der Waals surface area contributed by atoms with Gasteiger partial charge in [0.15, 0.2) is 0 Å². The van der Waals surface area contributed by atoms with E-state index in [0.717, 1.165) is 0 Å². The van der Waals surface area contributed by atoms with Crippen molar-refractivity contribution in [3.8, 4) is 0 Å². The number of carbonyl (C=O) groups excluding carboxylic acids is 1. The van der Waals surface area contributed by atoms with E-state index in [1.54, 1.807) is 12.1 Å². The predicted octanol–water partition coefficient (Wildman–Crippen LogP) is 3.05. The van der Waals surface area contributed by atoms with Crippen LogP contribution < -0.4 is 0 Å². The van der Waals surface area contributed by atoms with Crippen molar-refractivity contribution in [1.82, 2.24) is 0 Å². The molecule has 1 aromatic rings. The molecule has 4 nitrogen and oxygen atoms in total. The summed E-state index contributed by atoms with van der Waals surface area (Å²) in [7, 11) is 0. The Labute approximate surface area is 115 Å². The lowest BCUT2D eigenvalue weighted by Gasteiger charge is -2.07. The fourth-order valence-electron chi connectivity index (χ4n) is 1.17. The molecular formula is C11H10Br2O4. The van der Waals surface area contributed by atoms with Gasteiger partial charge in [-0.15, -0.1) is 0 Å². The number of aromatic carboxylic acids is 1. The van der Waals surface area contributed by atoms with Crippen molar-refractivity contribution in [2.24, 2.45) is 0 Å². The highest BCUT2D eigenvalue weighted by Crippen LogP contribution is 2.14. The molecule has 0 spiro atoms. The number of alkyl halides is 2. The van der Waals surface area contributed by atoms with Gasteiger partial charge in [0.25, 0.3) is 0 Å². The van der Waals surface area contributed by atoms with Crippen molar-refractivity contribution in [3.63, 3.8) is 0 Å². The molecule has 1 rings (SSSR count). The molecule has 1 N–H and O–H groups in total. The minimum Gasteiger partial charge on any atom is -0.478 e. The molecule has 0 aliphatic heterocycles. The molecule has 0 saturated heterocycles. The van der Waals surface area contributed by atoms with Crippen LogP contribution in [0.15, 0.2) is 24.3 Å². The molecule has 0 saturated carbocycles. The second-order valence-electron chi connectivity index (χ2n) is 3.17. The predicted molar refractivity (Wildman–Crippen MR) is 69.9 cm³/mol. The van der Waals surface area contributed by atoms with Crippen LogP contribution in [0.2, 0.25) is 0 Å². The minimum absolute atomic E-state index is 0.0493. The average Bonchev–Trinajstić information content (AvgIpc) is 2.28. The summed E-state index contributed by atoms with van der Waals surface area (Å²) in [5.41, 5.74) is 0.0208. The number of esters is 1. The van der Waals surface area contributed by atoms with Crippen LogP contribution in [0.5, 0.6) is 0 Å². The van der Waals surface area contributed by atoms with Gasteiger partial charge in [0, 0.05) is 6.42 Å². The van der Waals surface area contributed by atoms with Gasteiger partial charge in [-0.05, 0) is 12.1 Å². The van der Waals surface area contributed by atoms with Crippen molar-refractivity contribution < 1.29 is 19.4 Å². The highest BCUT2D eigenvalue weighted by molar-refractivity contribution is 9.24. The number of hydrogen-bond donors (Lipinski definition) is 1. The summed E-state index contributed by atoms with van der Waals surface area (Å²) in [5, 5.41) is 8.91. The van der Waals surface area contributed by atoms with E-state index < -0.39 is 11.9 Å². The van der Waals surface area contributed by atoms with Crippen LogP contribution in [0.1, 0.15) is 27.1 Å². The van der Waals surface area contributed by atoms with Crippen molar-refractivity contribution >= 4 is 43.8 Å². The van der Waals surface area contributed by atoms with Gasteiger partial charge < -0.3 is 9.84 Å². The first-order valence-corrected chi connectivity index (χ1v) is 6.63. The zero-order chi connectivity index (χ0) is 12.8. The summed E-state index contributed by atoms with van der Waals surface area (Å²) >= 11 is 6.50. The fraction of sp³-hybridized carbons (Fsp3) is 0.273. The summed E-state index contributed by atoms with van der Waals surface area (Å²) in [6, 6.07) is 5.97. The molecule has 17 heavy (non-hydrogen) atoms. The van der Waals surface area contributed by atoms with Crippen molar-refractivity contribution in [1.29, 1.82) is 0 Å². The summed E-state index contributed by atoms with van der Waals surface area (Å²) in [5.74, 6) is -1.76. The summed E-state index contributed by atoms with van der Waals surface area (Å²) in [6.07, 6.45) is 0.598. The van der Waals surface area contributed by atoms with Gasteiger partial charge in [0.2, 0.25) is 0 Å². The lowest BCUT2D eigenvalue weighted by Crippen LogP contribution is -2.12. The molecule has 1 aromatic carbocycles. The third kappa shape index (κ3) is 4.47. The summed E-state index contributed by atoms with van der Waals surface area (Å²) < 4.78 is 5.03. The van der Waals surface area contributed by atoms with Gasteiger partial charge in [-0.3, -0.25) is 0 Å². The van der Waals surface area contributed by atoms with Gasteiger partial charge in [-0.2, -0.15) is 0 Å². The maximum Gasteiger partial charge on any atom is 0.339 e. The normalized spacial score (nSPS) is 10.3. The Kier molecular flexibility index (Phi) is 5.64. The van der Waals surface area contributed by atoms with Crippen LogP contribution in [0.4, 0.5) is 0 Å². The first kappa shape index (κ1) is 14.2. The molecule has 0 aliphatic carbocycles. The number of carbonyl (C=O) groups is 2. The van der Waals surface area contributed by atoms with E-state index in [-0.39, 0.29) is 21.5 Å². The molecule has 0 radical (unpaired) electrons. The molecular weight excluding hydrogens is 356 g/mol. The molecule has 0 bridgehead atoms. The molecule has 0 fully saturated rings. The quantitative estimate of drug-likeness (QED) is 0.643. The van der Waals surface area contributed by atoms with E-state index in [1.807, 2.05) is 0 Å². The Balaban J connectivity index is 2.72. The van der Waals surface area contributed by atoms with Gasteiger partial charge in [-0.1, -0.05) is 44.0 Å². The fourth-order valence-corrected chi connectivity index (χ4v) is 1.54. The van der Waals surface area contributed by atoms with Gasteiger partial charge in [0.05, 0.1) is 21.5 Å². The van der Waals surface area contributed by atoms with Crippen LogP contribution >= 0.6 is 31.9 Å². The molecule has 0 aliphatic rings. The Morgan fingerprint density at radius 2 is 1.82 bits per heavy atom. The Hall–Kier alpha value is -0.880. The minimum atomic E-state index is -1.14. The van der Waals surface area contributed by atoms with E-state index in [0.29, 0.717) is 6.42 Å². The first-order valence-electron chi connectivity index (χ1n) is 4.80. The van der Waals surface area contributed by atoms with Crippen LogP contribution in [0, 0.1) is 0 Å². The van der Waals surface area contributed by atoms with Crippen LogP contribution in [0.25, 0.3) is 0 Å². The van der Waals surface area contributed by atoms with Gasteiger partial charge in [-0.25, -0.2) is 9.59 Å². The Bertz CT molecular complexity index is 418. The number of ether oxygens (including phenoxy) is 1. The molecule has 0 unspecified atom stereocenters. The van der Waals surface area contributed by atoms with E-state index in [1.165, 1.54) is 12.1 Å². The number of rotatable bonds is 5.